The number of aliphatic hydroxyl groups is 1. The molecule has 2 heteroatoms. The van der Waals surface area contributed by atoms with E-state index in [2.05, 4.69) is 19.9 Å². The summed E-state index contributed by atoms with van der Waals surface area (Å²) in [6.07, 6.45) is 12.4. The highest BCUT2D eigenvalue weighted by Gasteiger charge is 2.60. The van der Waals surface area contributed by atoms with Gasteiger partial charge in [0.1, 0.15) is 0 Å². The third-order valence-corrected chi connectivity index (χ3v) is 8.48. The van der Waals surface area contributed by atoms with E-state index in [1.54, 1.807) is 0 Å². The van der Waals surface area contributed by atoms with E-state index in [1.165, 1.54) is 38.5 Å². The molecular weight excluding hydrogens is 272 g/mol. The molecule has 0 unspecified atom stereocenters. The largest absolute Gasteiger partial charge is 0.396 e. The molecule has 0 bridgehead atoms. The van der Waals surface area contributed by atoms with E-state index in [9.17, 15) is 9.90 Å². The molecule has 4 aliphatic rings. The minimum Gasteiger partial charge on any atom is -0.396 e. The van der Waals surface area contributed by atoms with Crippen molar-refractivity contribution >= 4 is 5.78 Å². The minimum absolute atomic E-state index is 0.207. The molecule has 0 aromatic carbocycles. The molecule has 0 radical (unpaired) electrons. The van der Waals surface area contributed by atoms with Gasteiger partial charge >= 0.3 is 0 Å². The Bertz CT molecular complexity index is 510. The summed E-state index contributed by atoms with van der Waals surface area (Å²) in [5.74, 6) is 3.78. The van der Waals surface area contributed by atoms with Gasteiger partial charge in [-0.2, -0.15) is 0 Å². The molecule has 1 N–H and O–H groups in total. The molecule has 0 spiro atoms. The van der Waals surface area contributed by atoms with E-state index in [0.29, 0.717) is 24.2 Å². The second kappa shape index (κ2) is 4.93. The fourth-order valence-electron chi connectivity index (χ4n) is 7.06. The molecule has 7 atom stereocenters. The lowest BCUT2D eigenvalue weighted by Crippen LogP contribution is -2.53. The first kappa shape index (κ1) is 14.9. The maximum Gasteiger partial charge on any atom is 0.155 e. The molecule has 2 nitrogen and oxygen atoms in total. The molecule has 4 rings (SSSR count). The number of fused-ring (bicyclic) bond motifs is 5. The average molecular weight is 302 g/mol. The first-order valence-corrected chi connectivity index (χ1v) is 9.34. The van der Waals surface area contributed by atoms with Crippen molar-refractivity contribution in [1.29, 1.82) is 0 Å². The van der Waals surface area contributed by atoms with Crippen LogP contribution in [0.15, 0.2) is 12.2 Å². The summed E-state index contributed by atoms with van der Waals surface area (Å²) in [7, 11) is 0. The van der Waals surface area contributed by atoms with Crippen molar-refractivity contribution in [2.24, 2.45) is 40.4 Å². The number of carbonyl (C=O) groups excluding carboxylic acids is 1. The zero-order chi connectivity index (χ0) is 15.5. The lowest BCUT2D eigenvalue weighted by Gasteiger charge is -2.59. The predicted octanol–water partition coefficient (Wildman–Crippen LogP) is 3.98. The molecule has 0 amide bonds. The summed E-state index contributed by atoms with van der Waals surface area (Å²) >= 11 is 0. The van der Waals surface area contributed by atoms with Crippen LogP contribution in [-0.2, 0) is 4.79 Å². The van der Waals surface area contributed by atoms with Crippen molar-refractivity contribution in [2.75, 3.05) is 6.61 Å². The quantitative estimate of drug-likeness (QED) is 0.795. The van der Waals surface area contributed by atoms with E-state index < -0.39 is 0 Å². The van der Waals surface area contributed by atoms with Crippen molar-refractivity contribution in [3.05, 3.63) is 12.2 Å². The van der Waals surface area contributed by atoms with Crippen LogP contribution in [0.2, 0.25) is 0 Å². The van der Waals surface area contributed by atoms with Crippen LogP contribution in [0, 0.1) is 40.4 Å². The van der Waals surface area contributed by atoms with E-state index in [-0.39, 0.29) is 10.8 Å². The van der Waals surface area contributed by atoms with Crippen LogP contribution in [0.4, 0.5) is 0 Å². The van der Waals surface area contributed by atoms with Crippen LogP contribution < -0.4 is 0 Å². The Labute approximate surface area is 134 Å². The number of ketones is 1. The highest BCUT2D eigenvalue weighted by atomic mass is 16.3. The second-order valence-electron chi connectivity index (χ2n) is 8.93. The van der Waals surface area contributed by atoms with Crippen LogP contribution in [0.1, 0.15) is 58.8 Å². The molecule has 22 heavy (non-hydrogen) atoms. The van der Waals surface area contributed by atoms with Gasteiger partial charge in [0, 0.05) is 13.0 Å². The molecule has 122 valence electrons. The molecule has 0 aromatic rings. The number of hydrogen-bond donors (Lipinski definition) is 1. The van der Waals surface area contributed by atoms with E-state index in [1.807, 2.05) is 6.08 Å². The van der Waals surface area contributed by atoms with Crippen LogP contribution >= 0.6 is 0 Å². The van der Waals surface area contributed by atoms with Crippen molar-refractivity contribution in [3.63, 3.8) is 0 Å². The Morgan fingerprint density at radius 2 is 2.00 bits per heavy atom. The van der Waals surface area contributed by atoms with Crippen LogP contribution in [-0.4, -0.2) is 17.5 Å². The summed E-state index contributed by atoms with van der Waals surface area (Å²) in [6.45, 7) is 5.17. The lowest BCUT2D eigenvalue weighted by molar-refractivity contribution is -0.125. The van der Waals surface area contributed by atoms with E-state index >= 15 is 0 Å². The van der Waals surface area contributed by atoms with Gasteiger partial charge in [0.05, 0.1) is 0 Å². The van der Waals surface area contributed by atoms with E-state index in [4.69, 9.17) is 0 Å². The van der Waals surface area contributed by atoms with Gasteiger partial charge in [-0.05, 0) is 85.0 Å². The van der Waals surface area contributed by atoms with Gasteiger partial charge < -0.3 is 5.11 Å². The topological polar surface area (TPSA) is 37.3 Å². The van der Waals surface area contributed by atoms with Gasteiger partial charge in [-0.15, -0.1) is 0 Å². The van der Waals surface area contributed by atoms with Crippen molar-refractivity contribution < 1.29 is 9.90 Å². The first-order valence-electron chi connectivity index (χ1n) is 9.34. The Hall–Kier alpha value is -0.630. The maximum absolute atomic E-state index is 11.8. The smallest absolute Gasteiger partial charge is 0.155 e. The number of aliphatic hydroxyl groups excluding tert-OH is 1. The van der Waals surface area contributed by atoms with Gasteiger partial charge in [0.15, 0.2) is 5.78 Å². The molecule has 3 saturated carbocycles. The Morgan fingerprint density at radius 1 is 1.18 bits per heavy atom. The normalized spacial score (nSPS) is 53.8. The molecule has 4 aliphatic carbocycles. The Kier molecular flexibility index (Phi) is 3.35. The van der Waals surface area contributed by atoms with Gasteiger partial charge in [-0.25, -0.2) is 0 Å². The summed E-state index contributed by atoms with van der Waals surface area (Å²) in [4.78, 5) is 11.8. The average Bonchev–Trinajstić information content (AvgIpc) is 2.86. The Morgan fingerprint density at radius 3 is 2.77 bits per heavy atom. The first-order chi connectivity index (χ1) is 10.5. The van der Waals surface area contributed by atoms with Crippen LogP contribution in [0.25, 0.3) is 0 Å². The van der Waals surface area contributed by atoms with Crippen molar-refractivity contribution in [2.45, 2.75) is 58.8 Å². The predicted molar refractivity (Wildman–Crippen MR) is 87.2 cm³/mol. The number of hydrogen-bond acceptors (Lipinski definition) is 2. The van der Waals surface area contributed by atoms with Gasteiger partial charge in [-0.3, -0.25) is 4.79 Å². The number of allylic oxidation sites excluding steroid dienone is 2. The standard InChI is InChI=1S/C20H30O2/c1-13-3-6-18-16-5-4-14-11-15(22)7-9-19(14,2)17(16)8-10-20(13,18)12-21/h7,9,13-14,16-18,21H,3-6,8,10-12H2,1-2H3/t13-,14+,16-,17+,18+,19+,20+/m1/s1. The van der Waals surface area contributed by atoms with E-state index in [0.717, 1.165) is 24.2 Å². The fraction of sp³-hybridized carbons (Fsp3) is 0.850. The summed E-state index contributed by atoms with van der Waals surface area (Å²) < 4.78 is 0. The highest BCUT2D eigenvalue weighted by Crippen LogP contribution is 2.66. The van der Waals surface area contributed by atoms with Gasteiger partial charge in [-0.1, -0.05) is 19.9 Å². The molecule has 0 saturated heterocycles. The minimum atomic E-state index is 0.207. The zero-order valence-corrected chi connectivity index (χ0v) is 14.1. The molecule has 0 aliphatic heterocycles. The zero-order valence-electron chi connectivity index (χ0n) is 14.1. The van der Waals surface area contributed by atoms with Crippen molar-refractivity contribution in [3.8, 4) is 0 Å². The fourth-order valence-corrected chi connectivity index (χ4v) is 7.06. The van der Waals surface area contributed by atoms with Gasteiger partial charge in [0.2, 0.25) is 0 Å². The lowest BCUT2D eigenvalue weighted by atomic mass is 9.46. The maximum atomic E-state index is 11.8. The van der Waals surface area contributed by atoms with Crippen LogP contribution in [0.5, 0.6) is 0 Å². The number of carbonyl (C=O) groups is 1. The summed E-state index contributed by atoms with van der Waals surface area (Å²) in [6, 6.07) is 0. The summed E-state index contributed by atoms with van der Waals surface area (Å²) in [5, 5.41) is 10.2. The highest BCUT2D eigenvalue weighted by molar-refractivity contribution is 5.91. The SMILES string of the molecule is C[C@@H]1CC[C@H]2[C@@H]3CC[C@H]4CC(=O)C=C[C@]4(C)[C@H]3CC[C@]12CO. The number of rotatable bonds is 1. The Balaban J connectivity index is 1.68. The molecule has 0 aromatic heterocycles. The molecule has 0 heterocycles. The second-order valence-corrected chi connectivity index (χ2v) is 8.93. The molecule has 3 fully saturated rings. The third-order valence-electron chi connectivity index (χ3n) is 8.48. The van der Waals surface area contributed by atoms with Gasteiger partial charge in [0.25, 0.3) is 0 Å². The monoisotopic (exact) mass is 302 g/mol. The van der Waals surface area contributed by atoms with Crippen LogP contribution in [0.3, 0.4) is 0 Å². The third kappa shape index (κ3) is 1.79. The molecular formula is C20H30O2. The summed E-state index contributed by atoms with van der Waals surface area (Å²) in [5.41, 5.74) is 0.433. The van der Waals surface area contributed by atoms with Crippen molar-refractivity contribution in [1.82, 2.24) is 0 Å².